The predicted molar refractivity (Wildman–Crippen MR) is 66.3 cm³/mol. The zero-order valence-electron chi connectivity index (χ0n) is 9.81. The summed E-state index contributed by atoms with van der Waals surface area (Å²) in [6.07, 6.45) is 1.01. The largest absolute Gasteiger partial charge is 0.313 e. The van der Waals surface area contributed by atoms with Gasteiger partial charge in [0.05, 0.1) is 10.6 Å². The minimum atomic E-state index is -3.15. The lowest BCUT2D eigenvalue weighted by molar-refractivity contribution is 0.555. The Kier molecular flexibility index (Phi) is 4.96. The highest BCUT2D eigenvalue weighted by Gasteiger charge is 2.17. The first-order chi connectivity index (χ1) is 7.56. The summed E-state index contributed by atoms with van der Waals surface area (Å²) >= 11 is 0. The fourth-order valence-corrected chi connectivity index (χ4v) is 3.04. The molecule has 3 nitrogen and oxygen atoms in total. The van der Waals surface area contributed by atoms with Crippen LogP contribution in [0.5, 0.6) is 0 Å². The van der Waals surface area contributed by atoms with Crippen molar-refractivity contribution in [2.75, 3.05) is 12.3 Å². The van der Waals surface area contributed by atoms with Crippen molar-refractivity contribution >= 4 is 9.84 Å². The van der Waals surface area contributed by atoms with E-state index in [0.717, 1.165) is 13.0 Å². The monoisotopic (exact) mass is 241 g/mol. The summed E-state index contributed by atoms with van der Waals surface area (Å²) in [5.41, 5.74) is 0. The molecule has 90 valence electrons. The van der Waals surface area contributed by atoms with Crippen LogP contribution in [0.2, 0.25) is 0 Å². The molecule has 1 aromatic carbocycles. The Hall–Kier alpha value is -0.870. The van der Waals surface area contributed by atoms with Gasteiger partial charge in [-0.3, -0.25) is 0 Å². The van der Waals surface area contributed by atoms with E-state index >= 15 is 0 Å². The molecule has 0 bridgehead atoms. The van der Waals surface area contributed by atoms with Gasteiger partial charge in [0.25, 0.3) is 0 Å². The van der Waals surface area contributed by atoms with E-state index in [-0.39, 0.29) is 11.8 Å². The van der Waals surface area contributed by atoms with E-state index in [2.05, 4.69) is 12.2 Å². The van der Waals surface area contributed by atoms with Crippen molar-refractivity contribution in [2.45, 2.75) is 31.2 Å². The molecule has 0 aliphatic carbocycles. The summed E-state index contributed by atoms with van der Waals surface area (Å²) in [4.78, 5) is 0.403. The number of nitrogens with one attached hydrogen (secondary N) is 1. The van der Waals surface area contributed by atoms with Crippen LogP contribution in [-0.2, 0) is 9.84 Å². The second kappa shape index (κ2) is 6.01. The Morgan fingerprint density at radius 1 is 1.25 bits per heavy atom. The van der Waals surface area contributed by atoms with Crippen LogP contribution >= 0.6 is 0 Å². The Morgan fingerprint density at radius 3 is 2.44 bits per heavy atom. The molecule has 4 heteroatoms. The maximum absolute atomic E-state index is 12.0. The lowest BCUT2D eigenvalue weighted by atomic mass is 10.3. The molecule has 1 rings (SSSR count). The van der Waals surface area contributed by atoms with E-state index < -0.39 is 9.84 Å². The summed E-state index contributed by atoms with van der Waals surface area (Å²) in [5.74, 6) is 0.150. The third-order valence-corrected chi connectivity index (χ3v) is 4.24. The number of rotatable bonds is 6. The number of hydrogen-bond donors (Lipinski definition) is 1. The summed E-state index contributed by atoms with van der Waals surface area (Å²) in [6, 6.07) is 8.58. The van der Waals surface area contributed by atoms with Crippen LogP contribution in [0, 0.1) is 0 Å². The van der Waals surface area contributed by atoms with Crippen molar-refractivity contribution in [2.24, 2.45) is 0 Å². The van der Waals surface area contributed by atoms with Gasteiger partial charge in [-0.1, -0.05) is 25.1 Å². The minimum Gasteiger partial charge on any atom is -0.313 e. The maximum Gasteiger partial charge on any atom is 0.179 e. The molecule has 1 N–H and O–H groups in total. The van der Waals surface area contributed by atoms with Crippen molar-refractivity contribution in [3.8, 4) is 0 Å². The molecule has 0 radical (unpaired) electrons. The van der Waals surface area contributed by atoms with E-state index in [9.17, 15) is 8.42 Å². The maximum atomic E-state index is 12.0. The fourth-order valence-electron chi connectivity index (χ4n) is 1.50. The van der Waals surface area contributed by atoms with Gasteiger partial charge in [-0.25, -0.2) is 8.42 Å². The molecule has 1 aromatic rings. The van der Waals surface area contributed by atoms with Gasteiger partial charge in [-0.2, -0.15) is 0 Å². The second-order valence-corrected chi connectivity index (χ2v) is 5.98. The van der Waals surface area contributed by atoms with E-state index in [1.54, 1.807) is 24.3 Å². The summed E-state index contributed by atoms with van der Waals surface area (Å²) in [5, 5.41) is 3.18. The second-order valence-electron chi connectivity index (χ2n) is 3.95. The number of hydrogen-bond acceptors (Lipinski definition) is 3. The number of sulfone groups is 1. The van der Waals surface area contributed by atoms with Gasteiger partial charge in [0.2, 0.25) is 0 Å². The summed E-state index contributed by atoms with van der Waals surface area (Å²) in [6.45, 7) is 4.81. The molecule has 0 saturated heterocycles. The predicted octanol–water partition coefficient (Wildman–Crippen LogP) is 1.85. The molecule has 0 spiro atoms. The molecule has 0 aliphatic rings. The van der Waals surface area contributed by atoms with E-state index in [1.165, 1.54) is 0 Å². The average molecular weight is 241 g/mol. The molecule has 0 aliphatic heterocycles. The molecular weight excluding hydrogens is 222 g/mol. The Labute approximate surface area is 97.8 Å². The van der Waals surface area contributed by atoms with Crippen LogP contribution in [-0.4, -0.2) is 26.8 Å². The SMILES string of the molecule is CCCNC(C)CS(=O)(=O)c1ccccc1. The zero-order valence-corrected chi connectivity index (χ0v) is 10.6. The average Bonchev–Trinajstić information content (AvgIpc) is 2.27. The third-order valence-electron chi connectivity index (χ3n) is 2.31. The van der Waals surface area contributed by atoms with Crippen LogP contribution in [0.4, 0.5) is 0 Å². The topological polar surface area (TPSA) is 46.2 Å². The zero-order chi connectivity index (χ0) is 12.0. The van der Waals surface area contributed by atoms with Crippen molar-refractivity contribution in [3.05, 3.63) is 30.3 Å². The van der Waals surface area contributed by atoms with Crippen molar-refractivity contribution in [1.29, 1.82) is 0 Å². The van der Waals surface area contributed by atoms with Gasteiger partial charge < -0.3 is 5.32 Å². The third kappa shape index (κ3) is 3.94. The molecule has 0 heterocycles. The van der Waals surface area contributed by atoms with Crippen LogP contribution in [0.3, 0.4) is 0 Å². The van der Waals surface area contributed by atoms with Crippen molar-refractivity contribution in [1.82, 2.24) is 5.32 Å². The lowest BCUT2D eigenvalue weighted by Gasteiger charge is -2.13. The van der Waals surface area contributed by atoms with E-state index in [4.69, 9.17) is 0 Å². The van der Waals surface area contributed by atoms with Gasteiger partial charge >= 0.3 is 0 Å². The highest BCUT2D eigenvalue weighted by atomic mass is 32.2. The molecule has 0 amide bonds. The van der Waals surface area contributed by atoms with Gasteiger partial charge in [0, 0.05) is 6.04 Å². The normalized spacial score (nSPS) is 13.6. The highest BCUT2D eigenvalue weighted by Crippen LogP contribution is 2.10. The Morgan fingerprint density at radius 2 is 1.88 bits per heavy atom. The van der Waals surface area contributed by atoms with Gasteiger partial charge in [0.15, 0.2) is 9.84 Å². The Bertz CT molecular complexity index is 400. The Balaban J connectivity index is 2.66. The van der Waals surface area contributed by atoms with E-state index in [1.807, 2.05) is 13.0 Å². The highest BCUT2D eigenvalue weighted by molar-refractivity contribution is 7.91. The molecule has 0 fully saturated rings. The smallest absolute Gasteiger partial charge is 0.179 e. The van der Waals surface area contributed by atoms with Crippen LogP contribution in [0.25, 0.3) is 0 Å². The van der Waals surface area contributed by atoms with Gasteiger partial charge in [-0.15, -0.1) is 0 Å². The first-order valence-electron chi connectivity index (χ1n) is 5.57. The summed E-state index contributed by atoms with van der Waals surface area (Å²) in [7, 11) is -3.15. The van der Waals surface area contributed by atoms with Crippen LogP contribution in [0.1, 0.15) is 20.3 Å². The van der Waals surface area contributed by atoms with Gasteiger partial charge in [0.1, 0.15) is 0 Å². The standard InChI is InChI=1S/C12H19NO2S/c1-3-9-13-11(2)10-16(14,15)12-7-5-4-6-8-12/h4-8,11,13H,3,9-10H2,1-2H3. The molecule has 1 unspecified atom stereocenters. The molecule has 0 saturated carbocycles. The number of benzene rings is 1. The fraction of sp³-hybridized carbons (Fsp3) is 0.500. The van der Waals surface area contributed by atoms with Crippen molar-refractivity contribution in [3.63, 3.8) is 0 Å². The van der Waals surface area contributed by atoms with E-state index in [0.29, 0.717) is 4.90 Å². The first kappa shape index (κ1) is 13.2. The molecule has 0 aromatic heterocycles. The molecular formula is C12H19NO2S. The summed E-state index contributed by atoms with van der Waals surface area (Å²) < 4.78 is 23.9. The van der Waals surface area contributed by atoms with Crippen LogP contribution < -0.4 is 5.32 Å². The minimum absolute atomic E-state index is 0.00911. The molecule has 16 heavy (non-hydrogen) atoms. The quantitative estimate of drug-likeness (QED) is 0.826. The van der Waals surface area contributed by atoms with Crippen LogP contribution in [0.15, 0.2) is 35.2 Å². The molecule has 1 atom stereocenters. The van der Waals surface area contributed by atoms with Gasteiger partial charge in [-0.05, 0) is 32.0 Å². The lowest BCUT2D eigenvalue weighted by Crippen LogP contribution is -2.33. The first-order valence-corrected chi connectivity index (χ1v) is 7.22. The van der Waals surface area contributed by atoms with Crippen molar-refractivity contribution < 1.29 is 8.42 Å².